The van der Waals surface area contributed by atoms with Crippen molar-refractivity contribution < 1.29 is 24.2 Å². The van der Waals surface area contributed by atoms with Crippen molar-refractivity contribution >= 4 is 40.8 Å². The number of ether oxygens (including phenoxy) is 2. The lowest BCUT2D eigenvalue weighted by atomic mass is 10.1. The summed E-state index contributed by atoms with van der Waals surface area (Å²) < 4.78 is 10.6. The number of phenolic OH excluding ortho intramolecular Hbond substituents is 1. The number of carbonyl (C=O) groups excluding carboxylic acids is 2. The van der Waals surface area contributed by atoms with Gasteiger partial charge in [0.25, 0.3) is 0 Å². The molecule has 2 rings (SSSR count). The second-order valence-corrected chi connectivity index (χ2v) is 7.56. The molecule has 0 unspecified atom stereocenters. The van der Waals surface area contributed by atoms with Crippen LogP contribution in [0.25, 0.3) is 0 Å². The molecule has 9 heteroatoms. The van der Waals surface area contributed by atoms with Crippen molar-refractivity contribution in [3.63, 3.8) is 0 Å². The number of nitrogens with one attached hydrogen (secondary N) is 1. The number of rotatable bonds is 10. The minimum absolute atomic E-state index is 0.0767. The molecule has 0 bridgehead atoms. The quantitative estimate of drug-likeness (QED) is 0.384. The molecule has 31 heavy (non-hydrogen) atoms. The number of esters is 2. The first-order valence-electron chi connectivity index (χ1n) is 9.87. The van der Waals surface area contributed by atoms with Crippen molar-refractivity contribution in [2.45, 2.75) is 27.3 Å². The largest absolute Gasteiger partial charge is 0.506 e. The summed E-state index contributed by atoms with van der Waals surface area (Å²) in [4.78, 5) is 26.1. The van der Waals surface area contributed by atoms with Crippen molar-refractivity contribution in [1.82, 2.24) is 4.90 Å². The fourth-order valence-electron chi connectivity index (χ4n) is 2.88. The third-order valence-electron chi connectivity index (χ3n) is 4.58. The zero-order chi connectivity index (χ0) is 23.0. The van der Waals surface area contributed by atoms with Crippen LogP contribution in [0.5, 0.6) is 11.5 Å². The molecule has 0 aliphatic heterocycles. The lowest BCUT2D eigenvalue weighted by Gasteiger charge is -2.18. The summed E-state index contributed by atoms with van der Waals surface area (Å²) in [5.41, 5.74) is 1.20. The van der Waals surface area contributed by atoms with Crippen LogP contribution in [0.1, 0.15) is 36.7 Å². The summed E-state index contributed by atoms with van der Waals surface area (Å²) in [6.45, 7) is 8.10. The van der Waals surface area contributed by atoms with E-state index in [0.29, 0.717) is 22.8 Å². The SMILES string of the molecule is CCN(CC)CCOC(=O)c1ccc(NCc2cc(Cl)cc(Cl)c2O)cc1OC(C)=O. The van der Waals surface area contributed by atoms with Crippen molar-refractivity contribution in [3.05, 3.63) is 51.5 Å². The summed E-state index contributed by atoms with van der Waals surface area (Å²) in [5, 5.41) is 13.7. The first-order valence-corrected chi connectivity index (χ1v) is 10.6. The van der Waals surface area contributed by atoms with Gasteiger partial charge >= 0.3 is 11.9 Å². The number of nitrogens with zero attached hydrogens (tertiary/aromatic N) is 1. The molecule has 168 valence electrons. The van der Waals surface area contributed by atoms with Gasteiger partial charge in [0.05, 0.1) is 5.02 Å². The molecule has 0 atom stereocenters. The van der Waals surface area contributed by atoms with Crippen LogP contribution >= 0.6 is 23.2 Å². The number of carbonyl (C=O) groups is 2. The maximum atomic E-state index is 12.5. The number of halogens is 2. The van der Waals surface area contributed by atoms with Crippen LogP contribution in [-0.4, -0.2) is 48.2 Å². The van der Waals surface area contributed by atoms with Gasteiger partial charge in [-0.05, 0) is 37.4 Å². The fraction of sp³-hybridized carbons (Fsp3) is 0.364. The minimum Gasteiger partial charge on any atom is -0.506 e. The molecule has 0 aliphatic rings. The minimum atomic E-state index is -0.575. The number of benzene rings is 2. The third kappa shape index (κ3) is 7.31. The molecule has 0 saturated carbocycles. The van der Waals surface area contributed by atoms with Crippen molar-refractivity contribution in [2.75, 3.05) is 31.6 Å². The van der Waals surface area contributed by atoms with Crippen LogP contribution in [0.4, 0.5) is 5.69 Å². The summed E-state index contributed by atoms with van der Waals surface area (Å²) in [5.74, 6) is -1.13. The highest BCUT2D eigenvalue weighted by atomic mass is 35.5. The highest BCUT2D eigenvalue weighted by Crippen LogP contribution is 2.32. The van der Waals surface area contributed by atoms with E-state index >= 15 is 0 Å². The van der Waals surface area contributed by atoms with Gasteiger partial charge in [-0.2, -0.15) is 0 Å². The van der Waals surface area contributed by atoms with E-state index in [-0.39, 0.29) is 35.2 Å². The predicted molar refractivity (Wildman–Crippen MR) is 121 cm³/mol. The number of aromatic hydroxyl groups is 1. The van der Waals surface area contributed by atoms with E-state index in [9.17, 15) is 14.7 Å². The van der Waals surface area contributed by atoms with Gasteiger partial charge < -0.3 is 24.8 Å². The summed E-state index contributed by atoms with van der Waals surface area (Å²) in [6.07, 6.45) is 0. The average Bonchev–Trinajstić information content (AvgIpc) is 2.72. The lowest BCUT2D eigenvalue weighted by molar-refractivity contribution is -0.131. The highest BCUT2D eigenvalue weighted by molar-refractivity contribution is 6.35. The van der Waals surface area contributed by atoms with Gasteiger partial charge in [0.1, 0.15) is 23.7 Å². The molecule has 0 heterocycles. The topological polar surface area (TPSA) is 88.1 Å². The van der Waals surface area contributed by atoms with Crippen molar-refractivity contribution in [2.24, 2.45) is 0 Å². The summed E-state index contributed by atoms with van der Waals surface area (Å²) in [6, 6.07) is 7.72. The van der Waals surface area contributed by atoms with Crippen molar-refractivity contribution in [1.29, 1.82) is 0 Å². The Kier molecular flexibility index (Phi) is 9.43. The van der Waals surface area contributed by atoms with Gasteiger partial charge in [0, 0.05) is 42.4 Å². The van der Waals surface area contributed by atoms with E-state index in [2.05, 4.69) is 10.2 Å². The Labute approximate surface area is 191 Å². The second-order valence-electron chi connectivity index (χ2n) is 6.72. The molecule has 2 aromatic carbocycles. The van der Waals surface area contributed by atoms with Crippen LogP contribution in [0.3, 0.4) is 0 Å². The van der Waals surface area contributed by atoms with Crippen molar-refractivity contribution in [3.8, 4) is 11.5 Å². The van der Waals surface area contributed by atoms with E-state index < -0.39 is 11.9 Å². The number of likely N-dealkylation sites (N-methyl/N-ethyl adjacent to an activating group) is 1. The lowest BCUT2D eigenvalue weighted by Crippen LogP contribution is -2.28. The van der Waals surface area contributed by atoms with E-state index in [4.69, 9.17) is 32.7 Å². The van der Waals surface area contributed by atoms with Gasteiger partial charge in [-0.15, -0.1) is 0 Å². The van der Waals surface area contributed by atoms with Gasteiger partial charge in [-0.1, -0.05) is 37.0 Å². The van der Waals surface area contributed by atoms with E-state index in [1.54, 1.807) is 12.1 Å². The molecule has 2 aromatic rings. The molecule has 0 saturated heterocycles. The number of hydrogen-bond donors (Lipinski definition) is 2. The molecule has 0 aliphatic carbocycles. The van der Waals surface area contributed by atoms with Gasteiger partial charge in [-0.3, -0.25) is 4.79 Å². The summed E-state index contributed by atoms with van der Waals surface area (Å²) >= 11 is 11.9. The highest BCUT2D eigenvalue weighted by Gasteiger charge is 2.17. The number of hydrogen-bond acceptors (Lipinski definition) is 7. The molecule has 0 fully saturated rings. The van der Waals surface area contributed by atoms with Crippen LogP contribution in [0.2, 0.25) is 10.0 Å². The fourth-order valence-corrected chi connectivity index (χ4v) is 3.41. The first-order chi connectivity index (χ1) is 14.7. The monoisotopic (exact) mass is 468 g/mol. The van der Waals surface area contributed by atoms with Gasteiger partial charge in [0.15, 0.2) is 0 Å². The van der Waals surface area contributed by atoms with E-state index in [1.165, 1.54) is 25.1 Å². The Hall–Kier alpha value is -2.48. The van der Waals surface area contributed by atoms with Crippen LogP contribution in [0, 0.1) is 0 Å². The Morgan fingerprint density at radius 2 is 1.84 bits per heavy atom. The van der Waals surface area contributed by atoms with Gasteiger partial charge in [-0.25, -0.2) is 4.79 Å². The molecular weight excluding hydrogens is 443 g/mol. The van der Waals surface area contributed by atoms with E-state index in [0.717, 1.165) is 13.1 Å². The Morgan fingerprint density at radius 1 is 1.13 bits per heavy atom. The van der Waals surface area contributed by atoms with Crippen LogP contribution in [0.15, 0.2) is 30.3 Å². The molecule has 0 aromatic heterocycles. The Balaban J connectivity index is 2.13. The maximum Gasteiger partial charge on any atom is 0.341 e. The molecule has 2 N–H and O–H groups in total. The maximum absolute atomic E-state index is 12.5. The average molecular weight is 469 g/mol. The normalized spacial score (nSPS) is 10.8. The number of phenols is 1. The second kappa shape index (κ2) is 11.8. The standard InChI is InChI=1S/C22H26Cl2N2O5/c1-4-26(5-2)8-9-30-22(29)18-7-6-17(12-20(18)31-14(3)27)25-13-15-10-16(23)11-19(24)21(15)28/h6-7,10-12,25,28H,4-5,8-9,13H2,1-3H3. The third-order valence-corrected chi connectivity index (χ3v) is 5.09. The predicted octanol–water partition coefficient (Wildman–Crippen LogP) is 4.74. The first kappa shape index (κ1) is 24.8. The molecular formula is C22H26Cl2N2O5. The molecule has 0 radical (unpaired) electrons. The summed E-state index contributed by atoms with van der Waals surface area (Å²) in [7, 11) is 0. The molecule has 0 spiro atoms. The zero-order valence-corrected chi connectivity index (χ0v) is 19.2. The van der Waals surface area contributed by atoms with Crippen LogP contribution < -0.4 is 10.1 Å². The smallest absolute Gasteiger partial charge is 0.341 e. The molecule has 0 amide bonds. The van der Waals surface area contributed by atoms with E-state index in [1.807, 2.05) is 13.8 Å². The zero-order valence-electron chi connectivity index (χ0n) is 17.7. The van der Waals surface area contributed by atoms with Crippen LogP contribution in [-0.2, 0) is 16.1 Å². The number of anilines is 1. The Morgan fingerprint density at radius 3 is 2.48 bits per heavy atom. The Bertz CT molecular complexity index is 932. The molecule has 7 nitrogen and oxygen atoms in total. The van der Waals surface area contributed by atoms with Gasteiger partial charge in [0.2, 0.25) is 0 Å².